The van der Waals surface area contributed by atoms with Gasteiger partial charge >= 0.3 is 0 Å². The van der Waals surface area contributed by atoms with Gasteiger partial charge in [-0.1, -0.05) is 15.9 Å². The second-order valence-electron chi connectivity index (χ2n) is 5.24. The van der Waals surface area contributed by atoms with Crippen LogP contribution in [0.5, 0.6) is 5.75 Å². The van der Waals surface area contributed by atoms with Crippen molar-refractivity contribution in [3.8, 4) is 5.75 Å². The van der Waals surface area contributed by atoms with E-state index in [0.29, 0.717) is 17.2 Å². The molecule has 0 bridgehead atoms. The Balaban J connectivity index is 2.11. The van der Waals surface area contributed by atoms with Gasteiger partial charge in [0.1, 0.15) is 11.5 Å². The number of hydrogen-bond donors (Lipinski definition) is 1. The first-order valence-electron chi connectivity index (χ1n) is 7.04. The smallest absolute Gasteiger partial charge is 0.255 e. The van der Waals surface area contributed by atoms with E-state index in [4.69, 9.17) is 9.15 Å². The molecule has 1 amide bonds. The summed E-state index contributed by atoms with van der Waals surface area (Å²) in [6, 6.07) is 5.32. The summed E-state index contributed by atoms with van der Waals surface area (Å²) >= 11 is 3.39. The van der Waals surface area contributed by atoms with Gasteiger partial charge in [-0.25, -0.2) is 4.98 Å². The molecule has 0 aliphatic rings. The zero-order valence-corrected chi connectivity index (χ0v) is 14.7. The van der Waals surface area contributed by atoms with Crippen molar-refractivity contribution >= 4 is 21.8 Å². The Morgan fingerprint density at radius 2 is 2.14 bits per heavy atom. The molecule has 1 aromatic heterocycles. The quantitative estimate of drug-likeness (QED) is 0.874. The van der Waals surface area contributed by atoms with Crippen LogP contribution in [0.4, 0.5) is 0 Å². The van der Waals surface area contributed by atoms with E-state index in [0.717, 1.165) is 15.9 Å². The second-order valence-corrected chi connectivity index (χ2v) is 6.15. The number of carbonyl (C=O) groups is 1. The van der Waals surface area contributed by atoms with Crippen molar-refractivity contribution in [3.63, 3.8) is 0 Å². The minimum Gasteiger partial charge on any atom is -0.490 e. The number of amides is 1. The Morgan fingerprint density at radius 1 is 1.41 bits per heavy atom. The number of aromatic nitrogens is 1. The lowest BCUT2D eigenvalue weighted by Crippen LogP contribution is -2.24. The van der Waals surface area contributed by atoms with Gasteiger partial charge < -0.3 is 14.5 Å². The molecule has 1 N–H and O–H groups in total. The molecule has 2 aromatic rings. The molecule has 0 aliphatic carbocycles. The number of rotatable bonds is 5. The molecule has 0 aliphatic heterocycles. The van der Waals surface area contributed by atoms with Gasteiger partial charge in [0, 0.05) is 4.47 Å². The minimum absolute atomic E-state index is 0.0158. The summed E-state index contributed by atoms with van der Waals surface area (Å²) in [4.78, 5) is 16.6. The third kappa shape index (κ3) is 4.10. The predicted molar refractivity (Wildman–Crippen MR) is 87.1 cm³/mol. The molecule has 0 saturated heterocycles. The molecule has 118 valence electrons. The summed E-state index contributed by atoms with van der Waals surface area (Å²) in [5.41, 5.74) is 1.31. The molecule has 2 rings (SSSR count). The Kier molecular flexibility index (Phi) is 5.24. The van der Waals surface area contributed by atoms with Crippen molar-refractivity contribution < 1.29 is 13.9 Å². The monoisotopic (exact) mass is 366 g/mol. The standard InChI is InChI=1S/C16H19BrN2O3/c1-9(2)21-14-7-12(17)5-6-13(14)16(20)18-8-15-19-10(3)11(4)22-15/h5-7,9H,8H2,1-4H3,(H,18,20). The molecular formula is C16H19BrN2O3. The van der Waals surface area contributed by atoms with Crippen LogP contribution in [0.25, 0.3) is 0 Å². The third-order valence-electron chi connectivity index (χ3n) is 3.02. The van der Waals surface area contributed by atoms with Gasteiger partial charge in [-0.3, -0.25) is 4.79 Å². The largest absolute Gasteiger partial charge is 0.490 e. The van der Waals surface area contributed by atoms with E-state index in [9.17, 15) is 4.79 Å². The van der Waals surface area contributed by atoms with Gasteiger partial charge in [0.15, 0.2) is 0 Å². The zero-order valence-electron chi connectivity index (χ0n) is 13.1. The fraction of sp³-hybridized carbons (Fsp3) is 0.375. The molecule has 0 radical (unpaired) electrons. The average molecular weight is 367 g/mol. The van der Waals surface area contributed by atoms with Crippen molar-refractivity contribution in [2.45, 2.75) is 40.3 Å². The number of halogens is 1. The first-order chi connectivity index (χ1) is 10.4. The van der Waals surface area contributed by atoms with Gasteiger partial charge in [-0.05, 0) is 45.9 Å². The van der Waals surface area contributed by atoms with E-state index in [2.05, 4.69) is 26.2 Å². The summed E-state index contributed by atoms with van der Waals surface area (Å²) in [5, 5.41) is 2.80. The van der Waals surface area contributed by atoms with E-state index >= 15 is 0 Å². The van der Waals surface area contributed by atoms with Crippen LogP contribution < -0.4 is 10.1 Å². The van der Waals surface area contributed by atoms with Gasteiger partial charge in [-0.15, -0.1) is 0 Å². The Labute approximate surface area is 138 Å². The molecule has 6 heteroatoms. The van der Waals surface area contributed by atoms with Crippen LogP contribution in [0.15, 0.2) is 27.1 Å². The van der Waals surface area contributed by atoms with Crippen molar-refractivity contribution in [2.75, 3.05) is 0 Å². The first kappa shape index (κ1) is 16.5. The lowest BCUT2D eigenvalue weighted by Gasteiger charge is -2.14. The highest BCUT2D eigenvalue weighted by Gasteiger charge is 2.15. The Morgan fingerprint density at radius 3 is 2.73 bits per heavy atom. The molecule has 0 fully saturated rings. The number of aryl methyl sites for hydroxylation is 2. The van der Waals surface area contributed by atoms with Crippen molar-refractivity contribution in [3.05, 3.63) is 45.6 Å². The van der Waals surface area contributed by atoms with E-state index in [1.165, 1.54) is 0 Å². The van der Waals surface area contributed by atoms with Crippen LogP contribution in [0.1, 0.15) is 41.6 Å². The number of benzene rings is 1. The summed E-state index contributed by atoms with van der Waals surface area (Å²) in [5.74, 6) is 1.57. The Bertz CT molecular complexity index is 661. The first-order valence-corrected chi connectivity index (χ1v) is 7.83. The summed E-state index contributed by atoms with van der Waals surface area (Å²) in [6.45, 7) is 7.79. The topological polar surface area (TPSA) is 64.4 Å². The SMILES string of the molecule is Cc1nc(CNC(=O)c2ccc(Br)cc2OC(C)C)oc1C. The van der Waals surface area contributed by atoms with Gasteiger partial charge in [0.2, 0.25) is 5.89 Å². The zero-order chi connectivity index (χ0) is 16.3. The van der Waals surface area contributed by atoms with Crippen molar-refractivity contribution in [2.24, 2.45) is 0 Å². The summed E-state index contributed by atoms with van der Waals surface area (Å²) < 4.78 is 12.0. The molecule has 1 heterocycles. The predicted octanol–water partition coefficient (Wildman–Crippen LogP) is 3.77. The average Bonchev–Trinajstić information content (AvgIpc) is 2.75. The second kappa shape index (κ2) is 6.96. The van der Waals surface area contributed by atoms with Gasteiger partial charge in [0.25, 0.3) is 5.91 Å². The van der Waals surface area contributed by atoms with Gasteiger partial charge in [-0.2, -0.15) is 0 Å². The van der Waals surface area contributed by atoms with Crippen LogP contribution in [-0.2, 0) is 6.54 Å². The highest BCUT2D eigenvalue weighted by molar-refractivity contribution is 9.10. The molecule has 22 heavy (non-hydrogen) atoms. The number of nitrogens with zero attached hydrogens (tertiary/aromatic N) is 1. The van der Waals surface area contributed by atoms with E-state index in [1.807, 2.05) is 33.8 Å². The molecule has 0 saturated carbocycles. The fourth-order valence-corrected chi connectivity index (χ4v) is 2.24. The maximum atomic E-state index is 12.3. The molecular weight excluding hydrogens is 348 g/mol. The molecule has 5 nitrogen and oxygen atoms in total. The lowest BCUT2D eigenvalue weighted by atomic mass is 10.2. The van der Waals surface area contributed by atoms with Crippen LogP contribution in [0.2, 0.25) is 0 Å². The van der Waals surface area contributed by atoms with Crippen LogP contribution in [0, 0.1) is 13.8 Å². The lowest BCUT2D eigenvalue weighted by molar-refractivity contribution is 0.0941. The van der Waals surface area contributed by atoms with Gasteiger partial charge in [0.05, 0.1) is 23.9 Å². The maximum absolute atomic E-state index is 12.3. The summed E-state index contributed by atoms with van der Waals surface area (Å²) in [7, 11) is 0. The summed E-state index contributed by atoms with van der Waals surface area (Å²) in [6.07, 6.45) is -0.0158. The van der Waals surface area contributed by atoms with E-state index < -0.39 is 0 Å². The van der Waals surface area contributed by atoms with Crippen molar-refractivity contribution in [1.29, 1.82) is 0 Å². The van der Waals surface area contributed by atoms with Crippen LogP contribution in [-0.4, -0.2) is 17.0 Å². The van der Waals surface area contributed by atoms with Crippen LogP contribution >= 0.6 is 15.9 Å². The number of nitrogens with one attached hydrogen (secondary N) is 1. The van der Waals surface area contributed by atoms with E-state index in [1.54, 1.807) is 12.1 Å². The van der Waals surface area contributed by atoms with Crippen LogP contribution in [0.3, 0.4) is 0 Å². The normalized spacial score (nSPS) is 10.8. The number of ether oxygens (including phenoxy) is 1. The van der Waals surface area contributed by atoms with E-state index in [-0.39, 0.29) is 18.6 Å². The molecule has 1 aromatic carbocycles. The fourth-order valence-electron chi connectivity index (χ4n) is 1.90. The number of carbonyl (C=O) groups excluding carboxylic acids is 1. The highest BCUT2D eigenvalue weighted by atomic mass is 79.9. The highest BCUT2D eigenvalue weighted by Crippen LogP contribution is 2.25. The maximum Gasteiger partial charge on any atom is 0.255 e. The molecule has 0 unspecified atom stereocenters. The van der Waals surface area contributed by atoms with Crippen molar-refractivity contribution in [1.82, 2.24) is 10.3 Å². The number of oxazole rings is 1. The molecule has 0 spiro atoms. The molecule has 0 atom stereocenters. The number of hydrogen-bond acceptors (Lipinski definition) is 4. The third-order valence-corrected chi connectivity index (χ3v) is 3.52. The Hall–Kier alpha value is -1.82. The minimum atomic E-state index is -0.225.